The molecule has 194 valence electrons. The fourth-order valence-corrected chi connectivity index (χ4v) is 5.31. The van der Waals surface area contributed by atoms with Crippen LogP contribution in [-0.2, 0) is 4.74 Å². The quantitative estimate of drug-likeness (QED) is 0.231. The van der Waals surface area contributed by atoms with Gasteiger partial charge in [-0.05, 0) is 30.5 Å². The van der Waals surface area contributed by atoms with Crippen molar-refractivity contribution >= 4 is 28.7 Å². The number of ether oxygens (including phenoxy) is 1. The first-order chi connectivity index (χ1) is 17.4. The number of benzene rings is 1. The summed E-state index contributed by atoms with van der Waals surface area (Å²) in [6.07, 6.45) is -1.04. The number of aliphatic hydroxyl groups is 3. The molecule has 2 aromatic heterocycles. The van der Waals surface area contributed by atoms with Gasteiger partial charge in [0.15, 0.2) is 33.8 Å². The van der Waals surface area contributed by atoms with Crippen LogP contribution in [0.4, 0.5) is 14.6 Å². The Hall–Kier alpha value is -2.45. The van der Waals surface area contributed by atoms with Gasteiger partial charge in [0.2, 0.25) is 0 Å². The van der Waals surface area contributed by atoms with E-state index in [2.05, 4.69) is 32.5 Å². The van der Waals surface area contributed by atoms with Crippen molar-refractivity contribution in [3.05, 3.63) is 35.4 Å². The normalized spacial score (nSPS) is 27.6. The summed E-state index contributed by atoms with van der Waals surface area (Å²) in [5.41, 5.74) is 1.53. The number of hydrogen-bond acceptors (Lipinski definition) is 10. The van der Waals surface area contributed by atoms with Gasteiger partial charge < -0.3 is 25.4 Å². The first-order valence-corrected chi connectivity index (χ1v) is 13.0. The Morgan fingerprint density at radius 2 is 2.00 bits per heavy atom. The van der Waals surface area contributed by atoms with Crippen LogP contribution in [0.5, 0.6) is 0 Å². The molecule has 2 aliphatic carbocycles. The number of thioether (sulfide) groups is 1. The molecule has 1 aromatic carbocycles. The number of nitrogens with one attached hydrogen (secondary N) is 1. The lowest BCUT2D eigenvalue weighted by Crippen LogP contribution is -2.33. The average molecular weight is 523 g/mol. The third-order valence-electron chi connectivity index (χ3n) is 6.56. The maximum absolute atomic E-state index is 13.7. The number of fused-ring (bicyclic) bond motifs is 1. The molecule has 0 saturated heterocycles. The zero-order valence-electron chi connectivity index (χ0n) is 19.6. The van der Waals surface area contributed by atoms with Gasteiger partial charge in [-0.25, -0.2) is 23.4 Å². The summed E-state index contributed by atoms with van der Waals surface area (Å²) < 4.78 is 34.0. The molecule has 2 aliphatic rings. The zero-order chi connectivity index (χ0) is 25.4. The van der Waals surface area contributed by atoms with Gasteiger partial charge in [-0.1, -0.05) is 30.0 Å². The lowest BCUT2D eigenvalue weighted by molar-refractivity contribution is -0.0629. The summed E-state index contributed by atoms with van der Waals surface area (Å²) >= 11 is 1.48. The molecule has 5 rings (SSSR count). The van der Waals surface area contributed by atoms with Crippen molar-refractivity contribution in [2.24, 2.45) is 0 Å². The van der Waals surface area contributed by atoms with Crippen LogP contribution in [-0.4, -0.2) is 83.6 Å². The molecule has 2 heterocycles. The molecule has 2 fully saturated rings. The Labute approximate surface area is 210 Å². The highest BCUT2D eigenvalue weighted by molar-refractivity contribution is 7.99. The van der Waals surface area contributed by atoms with E-state index in [-0.39, 0.29) is 31.6 Å². The van der Waals surface area contributed by atoms with Crippen LogP contribution in [0.2, 0.25) is 0 Å². The first-order valence-electron chi connectivity index (χ1n) is 12.0. The molecule has 4 N–H and O–H groups in total. The lowest BCUT2D eigenvalue weighted by Gasteiger charge is -2.17. The van der Waals surface area contributed by atoms with Gasteiger partial charge in [-0.15, -0.1) is 5.10 Å². The Balaban J connectivity index is 1.43. The molecule has 0 amide bonds. The standard InChI is InChI=1S/C23H28F2N6O4S/c1-2-7-36-23-27-21(26-15-9-12(15)11-3-4-13(24)14(25)8-11)18-22(28-23)31(30-29-18)16-10-17(35-6-5-32)20(34)19(16)33/h3-4,8,12,15-17,19-20,32-34H,2,5-7,9-10H2,1H3,(H,26,27,28)/t12-,15?,16?,17-,19-,20+/m0/s1. The van der Waals surface area contributed by atoms with E-state index in [0.29, 0.717) is 27.7 Å². The largest absolute Gasteiger partial charge is 0.394 e. The highest BCUT2D eigenvalue weighted by atomic mass is 32.2. The van der Waals surface area contributed by atoms with Crippen LogP contribution in [0.15, 0.2) is 23.4 Å². The average Bonchev–Trinajstić information content (AvgIpc) is 3.41. The van der Waals surface area contributed by atoms with Gasteiger partial charge in [0.05, 0.1) is 25.4 Å². The minimum absolute atomic E-state index is 0.00291. The van der Waals surface area contributed by atoms with E-state index in [9.17, 15) is 19.0 Å². The molecular weight excluding hydrogens is 494 g/mol. The fourth-order valence-electron chi connectivity index (χ4n) is 4.61. The molecule has 3 aromatic rings. The van der Waals surface area contributed by atoms with E-state index in [1.807, 2.05) is 0 Å². The number of rotatable bonds is 10. The number of aliphatic hydroxyl groups excluding tert-OH is 3. The fraction of sp³-hybridized carbons (Fsp3) is 0.565. The van der Waals surface area contributed by atoms with E-state index in [1.165, 1.54) is 22.5 Å². The van der Waals surface area contributed by atoms with E-state index in [4.69, 9.17) is 9.84 Å². The van der Waals surface area contributed by atoms with Gasteiger partial charge in [0, 0.05) is 24.1 Å². The van der Waals surface area contributed by atoms with Crippen molar-refractivity contribution in [2.75, 3.05) is 24.3 Å². The van der Waals surface area contributed by atoms with E-state index in [0.717, 1.165) is 24.7 Å². The lowest BCUT2D eigenvalue weighted by atomic mass is 10.1. The SMILES string of the molecule is CCCSc1nc(NC2C[C@H]2c2ccc(F)c(F)c2)c2nnn(C3C[C@H](OCCO)[C@@H](O)[C@H]3O)c2n1. The van der Waals surface area contributed by atoms with Crippen molar-refractivity contribution in [1.82, 2.24) is 25.0 Å². The number of anilines is 1. The smallest absolute Gasteiger partial charge is 0.191 e. The summed E-state index contributed by atoms with van der Waals surface area (Å²) in [7, 11) is 0. The van der Waals surface area contributed by atoms with Crippen LogP contribution in [0, 0.1) is 11.6 Å². The molecule has 6 atom stereocenters. The number of halogens is 2. The molecule has 2 saturated carbocycles. The second kappa shape index (κ2) is 10.5. The van der Waals surface area contributed by atoms with Gasteiger partial charge in [-0.2, -0.15) is 0 Å². The van der Waals surface area contributed by atoms with Crippen molar-refractivity contribution < 1.29 is 28.8 Å². The van der Waals surface area contributed by atoms with Crippen molar-refractivity contribution in [2.45, 2.75) is 67.7 Å². The monoisotopic (exact) mass is 522 g/mol. The van der Waals surface area contributed by atoms with E-state index < -0.39 is 36.0 Å². The number of aromatic nitrogens is 5. The van der Waals surface area contributed by atoms with Crippen LogP contribution in [0.25, 0.3) is 11.2 Å². The second-order valence-electron chi connectivity index (χ2n) is 9.09. The van der Waals surface area contributed by atoms with Gasteiger partial charge in [-0.3, -0.25) is 0 Å². The molecule has 0 spiro atoms. The van der Waals surface area contributed by atoms with Crippen molar-refractivity contribution in [1.29, 1.82) is 0 Å². The van der Waals surface area contributed by atoms with E-state index in [1.54, 1.807) is 6.07 Å². The van der Waals surface area contributed by atoms with Gasteiger partial charge in [0.25, 0.3) is 0 Å². The first kappa shape index (κ1) is 25.2. The van der Waals surface area contributed by atoms with Crippen molar-refractivity contribution in [3.63, 3.8) is 0 Å². The van der Waals surface area contributed by atoms with Gasteiger partial charge in [0.1, 0.15) is 12.2 Å². The summed E-state index contributed by atoms with van der Waals surface area (Å²) in [6, 6.07) is 3.26. The van der Waals surface area contributed by atoms with E-state index >= 15 is 0 Å². The molecular formula is C23H28F2N6O4S. The van der Waals surface area contributed by atoms with Crippen LogP contribution in [0.3, 0.4) is 0 Å². The van der Waals surface area contributed by atoms with Gasteiger partial charge >= 0.3 is 0 Å². The summed E-state index contributed by atoms with van der Waals surface area (Å²) in [4.78, 5) is 9.27. The van der Waals surface area contributed by atoms with Crippen LogP contribution in [0.1, 0.15) is 43.7 Å². The highest BCUT2D eigenvalue weighted by Gasteiger charge is 2.45. The molecule has 0 radical (unpaired) electrons. The third-order valence-corrected chi connectivity index (χ3v) is 7.61. The van der Waals surface area contributed by atoms with Crippen LogP contribution < -0.4 is 5.32 Å². The predicted octanol–water partition coefficient (Wildman–Crippen LogP) is 2.01. The minimum Gasteiger partial charge on any atom is -0.394 e. The molecule has 0 aliphatic heterocycles. The minimum atomic E-state index is -1.15. The highest BCUT2D eigenvalue weighted by Crippen LogP contribution is 2.44. The Bertz CT molecular complexity index is 1230. The maximum Gasteiger partial charge on any atom is 0.191 e. The Morgan fingerprint density at radius 3 is 2.75 bits per heavy atom. The third kappa shape index (κ3) is 4.90. The summed E-state index contributed by atoms with van der Waals surface area (Å²) in [5.74, 6) is -0.472. The number of hydrogen-bond donors (Lipinski definition) is 4. The second-order valence-corrected chi connectivity index (χ2v) is 10.2. The summed E-state index contributed by atoms with van der Waals surface area (Å²) in [5, 5.41) is 42.5. The molecule has 36 heavy (non-hydrogen) atoms. The predicted molar refractivity (Wildman–Crippen MR) is 128 cm³/mol. The zero-order valence-corrected chi connectivity index (χ0v) is 20.4. The summed E-state index contributed by atoms with van der Waals surface area (Å²) in [6.45, 7) is 1.91. The number of nitrogens with zero attached hydrogens (tertiary/aromatic N) is 5. The maximum atomic E-state index is 13.7. The molecule has 2 unspecified atom stereocenters. The molecule has 10 nitrogen and oxygen atoms in total. The Kier molecular flexibility index (Phi) is 7.35. The topological polar surface area (TPSA) is 138 Å². The molecule has 13 heteroatoms. The molecule has 0 bridgehead atoms. The van der Waals surface area contributed by atoms with Crippen molar-refractivity contribution in [3.8, 4) is 0 Å². The van der Waals surface area contributed by atoms with Crippen LogP contribution >= 0.6 is 11.8 Å². The Morgan fingerprint density at radius 1 is 1.17 bits per heavy atom.